The van der Waals surface area contributed by atoms with Crippen molar-refractivity contribution < 1.29 is 18.3 Å². The molecule has 168 valence electrons. The lowest BCUT2D eigenvalue weighted by Gasteiger charge is -2.19. The maximum atomic E-state index is 13.1. The Morgan fingerprint density at radius 3 is 2.45 bits per heavy atom. The summed E-state index contributed by atoms with van der Waals surface area (Å²) >= 11 is 0. The predicted molar refractivity (Wildman–Crippen MR) is 124 cm³/mol. The largest absolute Gasteiger partial charge is 0.435 e. The highest BCUT2D eigenvalue weighted by Crippen LogP contribution is 2.32. The van der Waals surface area contributed by atoms with E-state index < -0.39 is 6.61 Å². The fourth-order valence-corrected chi connectivity index (χ4v) is 4.36. The minimum absolute atomic E-state index is 0.0832. The third kappa shape index (κ3) is 4.53. The van der Waals surface area contributed by atoms with Crippen molar-refractivity contribution in [1.29, 1.82) is 0 Å². The third-order valence-corrected chi connectivity index (χ3v) is 5.95. The van der Waals surface area contributed by atoms with Gasteiger partial charge in [0.15, 0.2) is 0 Å². The van der Waals surface area contributed by atoms with Gasteiger partial charge in [0.2, 0.25) is 0 Å². The molecular formula is C26H23F2N3O2. The summed E-state index contributed by atoms with van der Waals surface area (Å²) in [7, 11) is 0. The van der Waals surface area contributed by atoms with Crippen molar-refractivity contribution in [2.45, 2.75) is 25.9 Å². The molecule has 1 aliphatic heterocycles. The van der Waals surface area contributed by atoms with Crippen molar-refractivity contribution in [3.8, 4) is 5.75 Å². The van der Waals surface area contributed by atoms with Crippen LogP contribution in [0.1, 0.15) is 28.7 Å². The number of benzene rings is 3. The second kappa shape index (κ2) is 8.94. The summed E-state index contributed by atoms with van der Waals surface area (Å²) in [5.41, 5.74) is 10.0. The minimum atomic E-state index is -2.88. The number of halogens is 2. The number of anilines is 1. The van der Waals surface area contributed by atoms with Crippen LogP contribution in [0, 0.1) is 0 Å². The lowest BCUT2D eigenvalue weighted by molar-refractivity contribution is -0.0498. The van der Waals surface area contributed by atoms with Crippen LogP contribution >= 0.6 is 0 Å². The highest BCUT2D eigenvalue weighted by atomic mass is 19.3. The zero-order chi connectivity index (χ0) is 22.8. The second-order valence-electron chi connectivity index (χ2n) is 8.09. The minimum Gasteiger partial charge on any atom is -0.435 e. The van der Waals surface area contributed by atoms with Gasteiger partial charge in [0.25, 0.3) is 0 Å². The van der Waals surface area contributed by atoms with Crippen molar-refractivity contribution in [3.63, 3.8) is 0 Å². The first kappa shape index (κ1) is 21.0. The number of nitrogens with one attached hydrogen (secondary N) is 2. The van der Waals surface area contributed by atoms with Gasteiger partial charge in [-0.05, 0) is 72.4 Å². The monoisotopic (exact) mass is 447 g/mol. The number of ether oxygens (including phenoxy) is 1. The summed E-state index contributed by atoms with van der Waals surface area (Å²) in [6.07, 6.45) is 3.28. The van der Waals surface area contributed by atoms with E-state index in [2.05, 4.69) is 21.5 Å². The number of alkyl halides is 2. The first-order valence-corrected chi connectivity index (χ1v) is 10.9. The molecule has 33 heavy (non-hydrogen) atoms. The number of carbonyl (C=O) groups is 1. The zero-order valence-corrected chi connectivity index (χ0v) is 17.9. The number of urea groups is 1. The Labute approximate surface area is 190 Å². The van der Waals surface area contributed by atoms with Gasteiger partial charge in [-0.25, -0.2) is 9.80 Å². The van der Waals surface area contributed by atoms with Crippen LogP contribution in [0.4, 0.5) is 19.3 Å². The third-order valence-electron chi connectivity index (χ3n) is 5.95. The van der Waals surface area contributed by atoms with Crippen molar-refractivity contribution in [2.75, 3.05) is 11.9 Å². The molecular weight excluding hydrogens is 424 g/mol. The van der Waals surface area contributed by atoms with Crippen LogP contribution in [-0.4, -0.2) is 24.2 Å². The van der Waals surface area contributed by atoms with E-state index in [1.807, 2.05) is 42.5 Å². The predicted octanol–water partition coefficient (Wildman–Crippen LogP) is 5.70. The summed E-state index contributed by atoms with van der Waals surface area (Å²) < 4.78 is 29.5. The first-order chi connectivity index (χ1) is 16.1. The molecule has 5 nitrogen and oxygen atoms in total. The standard InChI is InChI=1S/C26H23F2N3O2/c27-25(28)33-22-13-10-19(11-14-22)24-23(18-5-2-1-3-6-18)16-31(30-24)26(32)29-21-12-9-17-7-4-8-20(17)15-21/h1-3,5-6,9-15,25,30H,4,7-8,16H2,(H,29,32). The Kier molecular flexibility index (Phi) is 5.69. The van der Waals surface area contributed by atoms with E-state index in [0.717, 1.165) is 47.3 Å². The molecule has 2 aliphatic rings. The molecule has 2 N–H and O–H groups in total. The van der Waals surface area contributed by atoms with E-state index in [4.69, 9.17) is 0 Å². The second-order valence-corrected chi connectivity index (χ2v) is 8.09. The lowest BCUT2D eigenvalue weighted by Crippen LogP contribution is -2.40. The number of amides is 2. The van der Waals surface area contributed by atoms with Gasteiger partial charge in [0, 0.05) is 16.8 Å². The number of carbonyl (C=O) groups excluding carboxylic acids is 1. The number of aryl methyl sites for hydroxylation is 2. The molecule has 2 amide bonds. The van der Waals surface area contributed by atoms with E-state index in [1.165, 1.54) is 28.3 Å². The first-order valence-electron chi connectivity index (χ1n) is 10.9. The molecule has 5 rings (SSSR count). The SMILES string of the molecule is O=C(Nc1ccc2c(c1)CCC2)N1CC(c2ccccc2)=C(c2ccc(OC(F)F)cc2)N1. The van der Waals surface area contributed by atoms with Gasteiger partial charge in [-0.15, -0.1) is 0 Å². The molecule has 0 atom stereocenters. The van der Waals surface area contributed by atoms with Crippen LogP contribution < -0.4 is 15.5 Å². The molecule has 0 bridgehead atoms. The number of rotatable bonds is 5. The van der Waals surface area contributed by atoms with Crippen LogP contribution in [-0.2, 0) is 12.8 Å². The summed E-state index contributed by atoms with van der Waals surface area (Å²) in [6.45, 7) is -2.52. The molecule has 0 saturated heterocycles. The van der Waals surface area contributed by atoms with E-state index in [-0.39, 0.29) is 11.8 Å². The topological polar surface area (TPSA) is 53.6 Å². The van der Waals surface area contributed by atoms with Gasteiger partial charge in [-0.2, -0.15) is 8.78 Å². The van der Waals surface area contributed by atoms with E-state index in [9.17, 15) is 13.6 Å². The fourth-order valence-electron chi connectivity index (χ4n) is 4.36. The summed E-state index contributed by atoms with van der Waals surface area (Å²) in [4.78, 5) is 13.1. The number of hydrogen-bond donors (Lipinski definition) is 2. The van der Waals surface area contributed by atoms with Crippen LogP contribution in [0.25, 0.3) is 11.3 Å². The van der Waals surface area contributed by atoms with Gasteiger partial charge in [0.1, 0.15) is 5.75 Å². The Morgan fingerprint density at radius 1 is 0.939 bits per heavy atom. The van der Waals surface area contributed by atoms with Gasteiger partial charge in [-0.3, -0.25) is 5.43 Å². The Morgan fingerprint density at radius 2 is 1.70 bits per heavy atom. The average molecular weight is 447 g/mol. The van der Waals surface area contributed by atoms with E-state index in [1.54, 1.807) is 12.1 Å². The molecule has 3 aromatic carbocycles. The Hall–Kier alpha value is -3.87. The maximum Gasteiger partial charge on any atom is 0.387 e. The highest BCUT2D eigenvalue weighted by molar-refractivity contribution is 5.98. The summed E-state index contributed by atoms with van der Waals surface area (Å²) in [5.74, 6) is 0.0832. The number of hydrazine groups is 1. The Balaban J connectivity index is 1.38. The highest BCUT2D eigenvalue weighted by Gasteiger charge is 2.27. The van der Waals surface area contributed by atoms with Gasteiger partial charge in [0.05, 0.1) is 12.2 Å². The molecule has 7 heteroatoms. The number of hydrogen-bond acceptors (Lipinski definition) is 3. The fraction of sp³-hybridized carbons (Fsp3) is 0.192. The van der Waals surface area contributed by atoms with Crippen LogP contribution in [0.15, 0.2) is 72.8 Å². The molecule has 0 fully saturated rings. The molecule has 0 unspecified atom stereocenters. The van der Waals surface area contributed by atoms with Gasteiger partial charge in [-0.1, -0.05) is 36.4 Å². The van der Waals surface area contributed by atoms with Crippen molar-refractivity contribution in [1.82, 2.24) is 10.4 Å². The van der Waals surface area contributed by atoms with Crippen LogP contribution in [0.3, 0.4) is 0 Å². The molecule has 1 aliphatic carbocycles. The van der Waals surface area contributed by atoms with Gasteiger partial charge >= 0.3 is 12.6 Å². The molecule has 3 aromatic rings. The molecule has 1 heterocycles. The number of fused-ring (bicyclic) bond motifs is 1. The van der Waals surface area contributed by atoms with Crippen molar-refractivity contribution in [2.24, 2.45) is 0 Å². The number of nitrogens with zero attached hydrogens (tertiary/aromatic N) is 1. The van der Waals surface area contributed by atoms with Crippen LogP contribution in [0.2, 0.25) is 0 Å². The normalized spacial score (nSPS) is 14.9. The maximum absolute atomic E-state index is 13.1. The van der Waals surface area contributed by atoms with E-state index in [0.29, 0.717) is 6.54 Å². The summed E-state index contributed by atoms with van der Waals surface area (Å²) in [5, 5.41) is 4.51. The average Bonchev–Trinajstić information content (AvgIpc) is 3.47. The van der Waals surface area contributed by atoms with E-state index >= 15 is 0 Å². The zero-order valence-electron chi connectivity index (χ0n) is 17.9. The van der Waals surface area contributed by atoms with Crippen molar-refractivity contribution in [3.05, 3.63) is 95.1 Å². The molecule has 0 spiro atoms. The van der Waals surface area contributed by atoms with Crippen molar-refractivity contribution >= 4 is 23.0 Å². The molecule has 0 saturated carbocycles. The van der Waals surface area contributed by atoms with Gasteiger partial charge < -0.3 is 10.1 Å². The summed E-state index contributed by atoms with van der Waals surface area (Å²) in [6, 6.07) is 21.9. The quantitative estimate of drug-likeness (QED) is 0.528. The molecule has 0 aromatic heterocycles. The smallest absolute Gasteiger partial charge is 0.387 e. The lowest BCUT2D eigenvalue weighted by atomic mass is 10.0. The molecule has 0 radical (unpaired) electrons. The van der Waals surface area contributed by atoms with Crippen LogP contribution in [0.5, 0.6) is 5.75 Å². The Bertz CT molecular complexity index is 1190.